The molecule has 0 unspecified atom stereocenters. The lowest BCUT2D eigenvalue weighted by atomic mass is 9.88. The average molecular weight is 212 g/mol. The number of nitrogens with zero attached hydrogens (tertiary/aromatic N) is 1. The van der Waals surface area contributed by atoms with E-state index in [0.717, 1.165) is 0 Å². The normalized spacial score (nSPS) is 37.5. The minimum Gasteiger partial charge on any atom is -0.382 e. The van der Waals surface area contributed by atoms with Crippen LogP contribution in [0.25, 0.3) is 4.85 Å². The molecular weight excluding hydrogens is 196 g/mol. The number of hydrogen-bond acceptors (Lipinski definition) is 3. The van der Waals surface area contributed by atoms with Gasteiger partial charge in [0.15, 0.2) is 12.2 Å². The molecular formula is C10H16N2O3. The maximum absolute atomic E-state index is 11.4. The van der Waals surface area contributed by atoms with E-state index in [1.54, 1.807) is 20.8 Å². The van der Waals surface area contributed by atoms with E-state index < -0.39 is 29.7 Å². The average Bonchev–Trinajstić information content (AvgIpc) is 2.42. The van der Waals surface area contributed by atoms with Crippen molar-refractivity contribution in [1.82, 2.24) is 5.32 Å². The molecule has 0 bridgehead atoms. The van der Waals surface area contributed by atoms with Crippen molar-refractivity contribution in [3.8, 4) is 0 Å². The summed E-state index contributed by atoms with van der Waals surface area (Å²) in [6, 6.07) is 0. The third-order valence-corrected chi connectivity index (χ3v) is 2.93. The lowest BCUT2D eigenvalue weighted by molar-refractivity contribution is -0.123. The maximum Gasteiger partial charge on any atom is 0.359 e. The Morgan fingerprint density at radius 3 is 2.40 bits per heavy atom. The number of aliphatic hydroxyl groups is 2. The van der Waals surface area contributed by atoms with Gasteiger partial charge in [0.05, 0.1) is 5.92 Å². The lowest BCUT2D eigenvalue weighted by Crippen LogP contribution is -2.57. The van der Waals surface area contributed by atoms with Crippen molar-refractivity contribution in [2.45, 2.75) is 38.6 Å². The molecule has 1 heterocycles. The van der Waals surface area contributed by atoms with Crippen molar-refractivity contribution in [1.29, 1.82) is 0 Å². The van der Waals surface area contributed by atoms with Gasteiger partial charge < -0.3 is 10.2 Å². The van der Waals surface area contributed by atoms with Crippen LogP contribution in [0.15, 0.2) is 0 Å². The molecule has 1 aliphatic heterocycles. The Hall–Kier alpha value is -1.12. The predicted molar refractivity (Wildman–Crippen MR) is 53.5 cm³/mol. The number of aliphatic hydroxyl groups excluding tert-OH is 2. The summed E-state index contributed by atoms with van der Waals surface area (Å²) in [4.78, 5) is 14.6. The molecule has 0 aromatic rings. The van der Waals surface area contributed by atoms with Crippen LogP contribution >= 0.6 is 0 Å². The zero-order valence-electron chi connectivity index (χ0n) is 9.06. The van der Waals surface area contributed by atoms with E-state index in [1.165, 1.54) is 0 Å². The highest BCUT2D eigenvalue weighted by molar-refractivity contribution is 5.83. The molecule has 1 aliphatic rings. The summed E-state index contributed by atoms with van der Waals surface area (Å²) in [5, 5.41) is 22.1. The van der Waals surface area contributed by atoms with Crippen LogP contribution in [0.4, 0.5) is 0 Å². The number of carbonyl (C=O) groups excluding carboxylic acids is 1. The van der Waals surface area contributed by atoms with Crippen LogP contribution in [0.5, 0.6) is 0 Å². The van der Waals surface area contributed by atoms with Gasteiger partial charge in [-0.3, -0.25) is 15.0 Å². The molecule has 15 heavy (non-hydrogen) atoms. The summed E-state index contributed by atoms with van der Waals surface area (Å²) in [6.07, 6.45) is -2.24. The van der Waals surface area contributed by atoms with Crippen LogP contribution in [-0.4, -0.2) is 34.0 Å². The van der Waals surface area contributed by atoms with E-state index in [1.807, 2.05) is 0 Å². The minimum absolute atomic E-state index is 0.209. The first kappa shape index (κ1) is 12.0. The van der Waals surface area contributed by atoms with Gasteiger partial charge in [0.2, 0.25) is 5.91 Å². The molecule has 4 atom stereocenters. The number of amides is 1. The number of nitrogens with one attached hydrogen (secondary N) is 1. The van der Waals surface area contributed by atoms with Crippen LogP contribution in [0.2, 0.25) is 0 Å². The second-order valence-electron chi connectivity index (χ2n) is 4.35. The predicted octanol–water partition coefficient (Wildman–Crippen LogP) is -0.254. The fourth-order valence-electron chi connectivity index (χ4n) is 1.83. The minimum atomic E-state index is -1.58. The second kappa shape index (κ2) is 3.80. The van der Waals surface area contributed by atoms with Gasteiger partial charge in [-0.2, -0.15) is 0 Å². The molecule has 0 aromatic carbocycles. The molecule has 1 amide bonds. The van der Waals surface area contributed by atoms with Crippen LogP contribution in [-0.2, 0) is 4.79 Å². The fraction of sp³-hybridized carbons (Fsp3) is 0.800. The number of rotatable bonds is 2. The first-order chi connectivity index (χ1) is 6.86. The Kier molecular flexibility index (Phi) is 3.03. The van der Waals surface area contributed by atoms with Crippen molar-refractivity contribution >= 4 is 5.91 Å². The van der Waals surface area contributed by atoms with Gasteiger partial charge in [0, 0.05) is 0 Å². The van der Waals surface area contributed by atoms with Gasteiger partial charge in [0.1, 0.15) is 0 Å². The van der Waals surface area contributed by atoms with Gasteiger partial charge in [-0.15, -0.1) is 0 Å². The molecule has 0 radical (unpaired) electrons. The fourth-order valence-corrected chi connectivity index (χ4v) is 1.83. The molecule has 1 saturated heterocycles. The molecule has 1 fully saturated rings. The lowest BCUT2D eigenvalue weighted by Gasteiger charge is -2.27. The van der Waals surface area contributed by atoms with Crippen molar-refractivity contribution in [3.63, 3.8) is 0 Å². The van der Waals surface area contributed by atoms with Crippen molar-refractivity contribution in [2.75, 3.05) is 0 Å². The monoisotopic (exact) mass is 212 g/mol. The SMILES string of the molecule is [C-]#[N+][C@]1([C@@H](O)C(C)C)NC(=O)[C@H](C)[C@@H]1O. The molecule has 0 aromatic heterocycles. The van der Waals surface area contributed by atoms with Crippen molar-refractivity contribution < 1.29 is 15.0 Å². The van der Waals surface area contributed by atoms with Gasteiger partial charge in [-0.1, -0.05) is 20.8 Å². The van der Waals surface area contributed by atoms with Gasteiger partial charge in [-0.05, 0) is 5.92 Å². The quantitative estimate of drug-likeness (QED) is 0.552. The van der Waals surface area contributed by atoms with Crippen molar-refractivity contribution in [3.05, 3.63) is 11.4 Å². The molecule has 3 N–H and O–H groups in total. The Balaban J connectivity index is 3.08. The van der Waals surface area contributed by atoms with Crippen LogP contribution in [0, 0.1) is 18.4 Å². The molecule has 0 spiro atoms. The Bertz CT molecular complexity index is 310. The summed E-state index contributed by atoms with van der Waals surface area (Å²) in [5.41, 5.74) is -1.58. The highest BCUT2D eigenvalue weighted by Crippen LogP contribution is 2.33. The first-order valence-corrected chi connectivity index (χ1v) is 4.93. The van der Waals surface area contributed by atoms with E-state index in [2.05, 4.69) is 10.2 Å². The summed E-state index contributed by atoms with van der Waals surface area (Å²) < 4.78 is 0. The van der Waals surface area contributed by atoms with Crippen LogP contribution in [0.1, 0.15) is 20.8 Å². The summed E-state index contributed by atoms with van der Waals surface area (Å²) in [6.45, 7) is 12.1. The summed E-state index contributed by atoms with van der Waals surface area (Å²) in [5.74, 6) is -1.26. The van der Waals surface area contributed by atoms with Gasteiger partial charge in [-0.25, -0.2) is 6.57 Å². The smallest absolute Gasteiger partial charge is 0.359 e. The zero-order chi connectivity index (χ0) is 11.8. The van der Waals surface area contributed by atoms with E-state index >= 15 is 0 Å². The maximum atomic E-state index is 11.4. The van der Waals surface area contributed by atoms with Crippen molar-refractivity contribution in [2.24, 2.45) is 11.8 Å². The number of hydrogen-bond donors (Lipinski definition) is 3. The largest absolute Gasteiger partial charge is 0.382 e. The highest BCUT2D eigenvalue weighted by atomic mass is 16.3. The summed E-state index contributed by atoms with van der Waals surface area (Å²) >= 11 is 0. The van der Waals surface area contributed by atoms with E-state index in [4.69, 9.17) is 6.57 Å². The molecule has 5 heteroatoms. The van der Waals surface area contributed by atoms with Gasteiger partial charge >= 0.3 is 5.66 Å². The highest BCUT2D eigenvalue weighted by Gasteiger charge is 2.62. The third kappa shape index (κ3) is 1.60. The van der Waals surface area contributed by atoms with Crippen LogP contribution in [0.3, 0.4) is 0 Å². The Morgan fingerprint density at radius 2 is 2.13 bits per heavy atom. The van der Waals surface area contributed by atoms with Crippen LogP contribution < -0.4 is 5.32 Å². The molecule has 1 rings (SSSR count). The topological polar surface area (TPSA) is 73.9 Å². The van der Waals surface area contributed by atoms with E-state index in [0.29, 0.717) is 0 Å². The molecule has 84 valence electrons. The molecule has 5 nitrogen and oxygen atoms in total. The molecule has 0 aliphatic carbocycles. The number of carbonyl (C=O) groups is 1. The standard InChI is InChI=1S/C10H16N2O3/c1-5(2)7(13)10(11-4)8(14)6(3)9(15)12-10/h5-8,13-14H,1-3H3,(H,12,15)/t6-,7+,8+,10-/m1/s1. The van der Waals surface area contributed by atoms with E-state index in [-0.39, 0.29) is 5.92 Å². The first-order valence-electron chi connectivity index (χ1n) is 4.93. The summed E-state index contributed by atoms with van der Waals surface area (Å²) in [7, 11) is 0. The van der Waals surface area contributed by atoms with Gasteiger partial charge in [0.25, 0.3) is 0 Å². The Labute approximate surface area is 88.9 Å². The van der Waals surface area contributed by atoms with E-state index in [9.17, 15) is 15.0 Å². The second-order valence-corrected chi connectivity index (χ2v) is 4.35. The zero-order valence-corrected chi connectivity index (χ0v) is 9.06. The third-order valence-electron chi connectivity index (χ3n) is 2.93. The molecule has 0 saturated carbocycles. The Morgan fingerprint density at radius 1 is 1.60 bits per heavy atom.